The number of amides is 3. The van der Waals surface area contributed by atoms with Crippen molar-refractivity contribution in [2.75, 3.05) is 37.6 Å². The highest BCUT2D eigenvalue weighted by atomic mass is 32.2. The zero-order chi connectivity index (χ0) is 28.6. The summed E-state index contributed by atoms with van der Waals surface area (Å²) in [4.78, 5) is 44.0. The highest BCUT2D eigenvalue weighted by Gasteiger charge is 2.37. The van der Waals surface area contributed by atoms with Gasteiger partial charge >= 0.3 is 0 Å². The molecule has 2 aliphatic heterocycles. The zero-order valence-corrected chi connectivity index (χ0v) is 23.7. The largest absolute Gasteiger partial charge is 0.368 e. The van der Waals surface area contributed by atoms with Gasteiger partial charge in [0.05, 0.1) is 9.80 Å². The summed E-state index contributed by atoms with van der Waals surface area (Å²) in [6, 6.07) is 18.1. The van der Waals surface area contributed by atoms with Crippen LogP contribution in [0, 0.1) is 13.8 Å². The van der Waals surface area contributed by atoms with Crippen LogP contribution in [0.15, 0.2) is 70.5 Å². The minimum absolute atomic E-state index is 0.0141. The number of aromatic nitrogens is 1. The molecule has 2 N–H and O–H groups in total. The number of para-hydroxylation sites is 1. The van der Waals surface area contributed by atoms with Gasteiger partial charge in [-0.2, -0.15) is 0 Å². The minimum Gasteiger partial charge on any atom is -0.368 e. The van der Waals surface area contributed by atoms with Crippen LogP contribution in [0.2, 0.25) is 0 Å². The molecule has 2 saturated heterocycles. The Morgan fingerprint density at radius 1 is 0.950 bits per heavy atom. The number of carbonyl (C=O) groups is 3. The molecule has 3 heterocycles. The lowest BCUT2D eigenvalue weighted by Gasteiger charge is -2.36. The van der Waals surface area contributed by atoms with E-state index in [1.807, 2.05) is 54.8 Å². The lowest BCUT2D eigenvalue weighted by atomic mass is 10.2. The Balaban J connectivity index is 1.27. The van der Waals surface area contributed by atoms with Crippen LogP contribution in [0.4, 0.5) is 10.5 Å². The quantitative estimate of drug-likeness (QED) is 0.445. The second-order valence-electron chi connectivity index (χ2n) is 9.67. The summed E-state index contributed by atoms with van der Waals surface area (Å²) < 4.78 is 25.1. The van der Waals surface area contributed by atoms with Gasteiger partial charge in [-0.1, -0.05) is 18.2 Å². The van der Waals surface area contributed by atoms with E-state index >= 15 is 0 Å². The van der Waals surface area contributed by atoms with Crippen LogP contribution in [0.5, 0.6) is 0 Å². The molecule has 3 amide bonds. The number of imide groups is 1. The Labute approximate surface area is 237 Å². The minimum atomic E-state index is -3.80. The maximum Gasteiger partial charge on any atom is 0.294 e. The van der Waals surface area contributed by atoms with Crippen LogP contribution < -0.4 is 10.0 Å². The monoisotopic (exact) mass is 579 g/mol. The van der Waals surface area contributed by atoms with Gasteiger partial charge < -0.3 is 14.4 Å². The van der Waals surface area contributed by atoms with E-state index < -0.39 is 21.2 Å². The van der Waals surface area contributed by atoms with Gasteiger partial charge in [0.15, 0.2) is 0 Å². The molecule has 1 aromatic heterocycles. The number of thioether (sulfide) groups is 1. The summed E-state index contributed by atoms with van der Waals surface area (Å²) in [5, 5.41) is 4.73. The number of rotatable bonds is 6. The number of nitrogens with two attached hydrogens (primary N) is 1. The molecule has 208 valence electrons. The van der Waals surface area contributed by atoms with Crippen molar-refractivity contribution in [1.82, 2.24) is 14.4 Å². The van der Waals surface area contributed by atoms with Gasteiger partial charge in [-0.15, -0.1) is 0 Å². The Morgan fingerprint density at radius 3 is 2.23 bits per heavy atom. The molecule has 3 aromatic rings. The molecule has 0 spiro atoms. The van der Waals surface area contributed by atoms with Crippen molar-refractivity contribution in [2.45, 2.75) is 18.7 Å². The van der Waals surface area contributed by atoms with Gasteiger partial charge in [-0.05, 0) is 79.7 Å². The van der Waals surface area contributed by atoms with Crippen molar-refractivity contribution in [3.63, 3.8) is 0 Å². The van der Waals surface area contributed by atoms with E-state index in [4.69, 9.17) is 5.14 Å². The first-order valence-electron chi connectivity index (χ1n) is 12.7. The zero-order valence-electron chi connectivity index (χ0n) is 22.1. The van der Waals surface area contributed by atoms with E-state index in [1.54, 1.807) is 23.1 Å². The third-order valence-corrected chi connectivity index (χ3v) is 8.94. The fourth-order valence-corrected chi connectivity index (χ4v) is 6.33. The lowest BCUT2D eigenvalue weighted by molar-refractivity contribution is -0.136. The van der Waals surface area contributed by atoms with Gasteiger partial charge in [0, 0.05) is 48.9 Å². The lowest BCUT2D eigenvalue weighted by Crippen LogP contribution is -2.51. The van der Waals surface area contributed by atoms with E-state index in [0.29, 0.717) is 26.2 Å². The van der Waals surface area contributed by atoms with E-state index in [0.717, 1.165) is 45.0 Å². The van der Waals surface area contributed by atoms with Crippen LogP contribution in [-0.4, -0.2) is 72.6 Å². The van der Waals surface area contributed by atoms with Gasteiger partial charge in [0.25, 0.3) is 11.1 Å². The Bertz CT molecular complexity index is 1610. The van der Waals surface area contributed by atoms with Crippen molar-refractivity contribution in [2.24, 2.45) is 5.14 Å². The molecular weight excluding hydrogens is 550 g/mol. The number of carbonyl (C=O) groups excluding carboxylic acids is 3. The third kappa shape index (κ3) is 5.55. The molecule has 2 fully saturated rings. The molecule has 0 radical (unpaired) electrons. The second kappa shape index (κ2) is 11.0. The van der Waals surface area contributed by atoms with Crippen LogP contribution in [-0.2, 0) is 19.6 Å². The predicted octanol–water partition coefficient (Wildman–Crippen LogP) is 3.13. The summed E-state index contributed by atoms with van der Waals surface area (Å²) in [6.07, 6.45) is 1.66. The number of nitrogens with zero attached hydrogens (tertiary/aromatic N) is 4. The maximum atomic E-state index is 13.1. The molecular formula is C28H29N5O5S2. The SMILES string of the molecule is Cc1cc(/C=C2/SC(=O)N(CC(=O)N3CCN(c4ccccc4)CC3)C2=O)c(C)n1-c1ccc(S(N)(=O)=O)cc1. The molecule has 2 aliphatic rings. The number of anilines is 1. The summed E-state index contributed by atoms with van der Waals surface area (Å²) in [7, 11) is -3.80. The number of benzene rings is 2. The first-order valence-corrected chi connectivity index (χ1v) is 15.0. The van der Waals surface area contributed by atoms with Gasteiger partial charge in [-0.25, -0.2) is 13.6 Å². The van der Waals surface area contributed by atoms with Crippen LogP contribution >= 0.6 is 11.8 Å². The van der Waals surface area contributed by atoms with Crippen molar-refractivity contribution in [1.29, 1.82) is 0 Å². The van der Waals surface area contributed by atoms with Gasteiger partial charge in [-0.3, -0.25) is 19.3 Å². The van der Waals surface area contributed by atoms with E-state index in [-0.39, 0.29) is 22.3 Å². The predicted molar refractivity (Wildman–Crippen MR) is 155 cm³/mol. The Morgan fingerprint density at radius 2 is 1.60 bits per heavy atom. The van der Waals surface area contributed by atoms with Crippen molar-refractivity contribution in [3.05, 3.63) is 82.5 Å². The number of primary sulfonamides is 1. The molecule has 0 aliphatic carbocycles. The molecule has 5 rings (SSSR count). The normalized spacial score (nSPS) is 17.3. The van der Waals surface area contributed by atoms with E-state index in [2.05, 4.69) is 4.90 Å². The number of hydrogen-bond donors (Lipinski definition) is 1. The fraction of sp³-hybridized carbons (Fsp3) is 0.250. The fourth-order valence-electron chi connectivity index (χ4n) is 4.98. The summed E-state index contributed by atoms with van der Waals surface area (Å²) in [5.74, 6) is -0.744. The average Bonchev–Trinajstić information content (AvgIpc) is 3.37. The highest BCUT2D eigenvalue weighted by molar-refractivity contribution is 8.18. The molecule has 0 bridgehead atoms. The van der Waals surface area contributed by atoms with Crippen LogP contribution in [0.3, 0.4) is 0 Å². The molecule has 0 saturated carbocycles. The van der Waals surface area contributed by atoms with Crippen molar-refractivity contribution < 1.29 is 22.8 Å². The third-order valence-electron chi connectivity index (χ3n) is 7.10. The van der Waals surface area contributed by atoms with Gasteiger partial charge in [0.1, 0.15) is 6.54 Å². The molecule has 40 heavy (non-hydrogen) atoms. The van der Waals surface area contributed by atoms with E-state index in [1.165, 1.54) is 12.1 Å². The number of aryl methyl sites for hydroxylation is 1. The Kier molecular flexibility index (Phi) is 7.58. The van der Waals surface area contributed by atoms with Crippen molar-refractivity contribution >= 4 is 50.6 Å². The Hall–Kier alpha value is -3.87. The molecule has 0 unspecified atom stereocenters. The maximum absolute atomic E-state index is 13.1. The van der Waals surface area contributed by atoms with Crippen molar-refractivity contribution in [3.8, 4) is 5.69 Å². The summed E-state index contributed by atoms with van der Waals surface area (Å²) >= 11 is 0.817. The van der Waals surface area contributed by atoms with Crippen LogP contribution in [0.25, 0.3) is 11.8 Å². The number of hydrogen-bond acceptors (Lipinski definition) is 7. The number of piperazine rings is 1. The first kappa shape index (κ1) is 27.7. The summed E-state index contributed by atoms with van der Waals surface area (Å²) in [6.45, 7) is 5.86. The summed E-state index contributed by atoms with van der Waals surface area (Å²) in [5.41, 5.74) is 4.23. The molecule has 12 heteroatoms. The topological polar surface area (TPSA) is 126 Å². The van der Waals surface area contributed by atoms with Crippen LogP contribution in [0.1, 0.15) is 17.0 Å². The molecule has 10 nitrogen and oxygen atoms in total. The molecule has 2 aromatic carbocycles. The van der Waals surface area contributed by atoms with Gasteiger partial charge in [0.2, 0.25) is 15.9 Å². The second-order valence-corrected chi connectivity index (χ2v) is 12.2. The average molecular weight is 580 g/mol. The molecule has 0 atom stereocenters. The van der Waals surface area contributed by atoms with E-state index in [9.17, 15) is 22.8 Å². The smallest absolute Gasteiger partial charge is 0.294 e. The first-order chi connectivity index (χ1) is 19.0. The highest BCUT2D eigenvalue weighted by Crippen LogP contribution is 2.34. The standard InChI is InChI=1S/C28H29N5O5S2/c1-19-16-21(20(2)33(19)23-8-10-24(11-9-23)40(29,37)38)17-25-27(35)32(28(36)39-25)18-26(34)31-14-12-30(13-15-31)22-6-4-3-5-7-22/h3-11,16-17H,12-15,18H2,1-2H3,(H2,29,37,38)/b25-17+. The number of sulfonamides is 1.